The van der Waals surface area contributed by atoms with Gasteiger partial charge in [0.15, 0.2) is 0 Å². The lowest BCUT2D eigenvalue weighted by Crippen LogP contribution is -2.11. The van der Waals surface area contributed by atoms with Crippen LogP contribution in [0.15, 0.2) is 30.3 Å². The number of thiocarbonyl (C=S) groups is 1. The van der Waals surface area contributed by atoms with Crippen molar-refractivity contribution in [3.63, 3.8) is 0 Å². The molecule has 0 saturated carbocycles. The predicted octanol–water partition coefficient (Wildman–Crippen LogP) is 1.85. The van der Waals surface area contributed by atoms with E-state index in [1.54, 1.807) is 24.3 Å². The summed E-state index contributed by atoms with van der Waals surface area (Å²) >= 11 is 4.63. The first-order valence-corrected chi connectivity index (χ1v) is 3.96. The first-order valence-electron chi connectivity index (χ1n) is 3.48. The van der Waals surface area contributed by atoms with E-state index in [0.717, 1.165) is 5.56 Å². The van der Waals surface area contributed by atoms with Crippen molar-refractivity contribution < 1.29 is 9.90 Å². The van der Waals surface area contributed by atoms with Gasteiger partial charge >= 0.3 is 5.97 Å². The molecule has 0 spiro atoms. The van der Waals surface area contributed by atoms with E-state index in [2.05, 4.69) is 12.2 Å². The summed E-state index contributed by atoms with van der Waals surface area (Å²) in [5.41, 5.74) is 0.722. The highest BCUT2D eigenvalue weighted by Gasteiger charge is 2.15. The SMILES string of the molecule is O=C(O)C(C=S)c1ccccc1. The largest absolute Gasteiger partial charge is 0.481 e. The van der Waals surface area contributed by atoms with Crippen molar-refractivity contribution in [1.82, 2.24) is 0 Å². The summed E-state index contributed by atoms with van der Waals surface area (Å²) in [6.45, 7) is 0. The Balaban J connectivity index is 2.95. The van der Waals surface area contributed by atoms with Gasteiger partial charge in [-0.1, -0.05) is 42.5 Å². The molecule has 1 aromatic rings. The molecule has 0 bridgehead atoms. The number of hydrogen-bond donors (Lipinski definition) is 1. The Kier molecular flexibility index (Phi) is 2.94. The van der Waals surface area contributed by atoms with Gasteiger partial charge in [0.2, 0.25) is 0 Å². The molecular formula is C9H8O2S. The molecule has 0 aromatic heterocycles. The molecule has 1 atom stereocenters. The van der Waals surface area contributed by atoms with Crippen LogP contribution in [0, 0.1) is 0 Å². The highest BCUT2D eigenvalue weighted by molar-refractivity contribution is 7.79. The van der Waals surface area contributed by atoms with Gasteiger partial charge < -0.3 is 5.11 Å². The Bertz CT molecular complexity index is 282. The maximum atomic E-state index is 10.6. The van der Waals surface area contributed by atoms with E-state index in [0.29, 0.717) is 0 Å². The van der Waals surface area contributed by atoms with Crippen molar-refractivity contribution in [3.05, 3.63) is 35.9 Å². The molecule has 0 aliphatic heterocycles. The minimum absolute atomic E-state index is 0.666. The average molecular weight is 180 g/mol. The number of carboxylic acids is 1. The normalized spacial score (nSPS) is 12.0. The fraction of sp³-hybridized carbons (Fsp3) is 0.111. The number of rotatable bonds is 3. The van der Waals surface area contributed by atoms with Crippen LogP contribution in [0.25, 0.3) is 0 Å². The zero-order valence-electron chi connectivity index (χ0n) is 6.31. The van der Waals surface area contributed by atoms with E-state index in [-0.39, 0.29) is 0 Å². The van der Waals surface area contributed by atoms with E-state index >= 15 is 0 Å². The van der Waals surface area contributed by atoms with Gasteiger partial charge in [0.25, 0.3) is 0 Å². The van der Waals surface area contributed by atoms with Crippen LogP contribution >= 0.6 is 12.2 Å². The first-order chi connectivity index (χ1) is 5.75. The highest BCUT2D eigenvalue weighted by atomic mass is 32.1. The topological polar surface area (TPSA) is 37.3 Å². The Morgan fingerprint density at radius 1 is 1.42 bits per heavy atom. The number of carboxylic acid groups (broad SMARTS) is 1. The number of benzene rings is 1. The van der Waals surface area contributed by atoms with Crippen LogP contribution in [0.5, 0.6) is 0 Å². The summed E-state index contributed by atoms with van der Waals surface area (Å²) in [6.07, 6.45) is 0. The van der Waals surface area contributed by atoms with Crippen molar-refractivity contribution in [1.29, 1.82) is 0 Å². The van der Waals surface area contributed by atoms with Gasteiger partial charge in [-0.15, -0.1) is 0 Å². The Morgan fingerprint density at radius 3 is 2.42 bits per heavy atom. The fourth-order valence-electron chi connectivity index (χ4n) is 0.940. The third kappa shape index (κ3) is 1.89. The standard InChI is InChI=1S/C9H8O2S/c10-9(11)8(6-12)7-4-2-1-3-5-7/h1-6,8H,(H,10,11). The summed E-state index contributed by atoms with van der Waals surface area (Å²) in [7, 11) is 0. The van der Waals surface area contributed by atoms with Crippen molar-refractivity contribution in [3.8, 4) is 0 Å². The van der Waals surface area contributed by atoms with Crippen molar-refractivity contribution >= 4 is 23.6 Å². The molecule has 1 unspecified atom stereocenters. The molecule has 0 fully saturated rings. The molecule has 0 heterocycles. The van der Waals surface area contributed by atoms with E-state index < -0.39 is 11.9 Å². The minimum atomic E-state index is -0.906. The van der Waals surface area contributed by atoms with Crippen molar-refractivity contribution in [2.45, 2.75) is 5.92 Å². The summed E-state index contributed by atoms with van der Waals surface area (Å²) in [6, 6.07) is 8.93. The summed E-state index contributed by atoms with van der Waals surface area (Å²) in [4.78, 5) is 10.6. The smallest absolute Gasteiger partial charge is 0.315 e. The molecule has 0 amide bonds. The molecule has 62 valence electrons. The van der Waals surface area contributed by atoms with Crippen LogP contribution in [-0.2, 0) is 4.79 Å². The van der Waals surface area contributed by atoms with Crippen LogP contribution in [0.3, 0.4) is 0 Å². The second-order valence-corrected chi connectivity index (χ2v) is 2.63. The van der Waals surface area contributed by atoms with Crippen LogP contribution in [0.1, 0.15) is 11.5 Å². The van der Waals surface area contributed by atoms with Crippen LogP contribution < -0.4 is 0 Å². The second kappa shape index (κ2) is 3.97. The van der Waals surface area contributed by atoms with Crippen LogP contribution in [-0.4, -0.2) is 16.4 Å². The zero-order chi connectivity index (χ0) is 8.97. The van der Waals surface area contributed by atoms with E-state index in [4.69, 9.17) is 5.11 Å². The molecular weight excluding hydrogens is 172 g/mol. The lowest BCUT2D eigenvalue weighted by atomic mass is 10.0. The highest BCUT2D eigenvalue weighted by Crippen LogP contribution is 2.12. The zero-order valence-corrected chi connectivity index (χ0v) is 7.12. The van der Waals surface area contributed by atoms with Gasteiger partial charge in [0.05, 0.1) is 0 Å². The molecule has 2 nitrogen and oxygen atoms in total. The summed E-state index contributed by atoms with van der Waals surface area (Å²) in [5, 5.41) is 9.99. The van der Waals surface area contributed by atoms with Gasteiger partial charge in [0.1, 0.15) is 5.92 Å². The Labute approximate surface area is 75.8 Å². The monoisotopic (exact) mass is 180 g/mol. The van der Waals surface area contributed by atoms with Gasteiger partial charge in [-0.3, -0.25) is 4.79 Å². The van der Waals surface area contributed by atoms with E-state index in [9.17, 15) is 4.79 Å². The predicted molar refractivity (Wildman–Crippen MR) is 50.5 cm³/mol. The maximum Gasteiger partial charge on any atom is 0.315 e. The molecule has 12 heavy (non-hydrogen) atoms. The molecule has 1 rings (SSSR count). The summed E-state index contributed by atoms with van der Waals surface area (Å²) < 4.78 is 0. The first kappa shape index (κ1) is 8.87. The molecule has 1 aromatic carbocycles. The third-order valence-electron chi connectivity index (χ3n) is 1.56. The third-order valence-corrected chi connectivity index (χ3v) is 1.83. The van der Waals surface area contributed by atoms with Crippen molar-refractivity contribution in [2.24, 2.45) is 0 Å². The molecule has 0 saturated heterocycles. The quantitative estimate of drug-likeness (QED) is 0.721. The molecule has 0 radical (unpaired) electrons. The molecule has 3 heteroatoms. The van der Waals surface area contributed by atoms with Crippen molar-refractivity contribution in [2.75, 3.05) is 0 Å². The number of hydrogen-bond acceptors (Lipinski definition) is 2. The lowest BCUT2D eigenvalue weighted by molar-refractivity contribution is -0.136. The van der Waals surface area contributed by atoms with Gasteiger partial charge in [-0.2, -0.15) is 0 Å². The Morgan fingerprint density at radius 2 is 2.00 bits per heavy atom. The minimum Gasteiger partial charge on any atom is -0.481 e. The molecule has 0 aliphatic rings. The van der Waals surface area contributed by atoms with E-state index in [1.165, 1.54) is 5.37 Å². The molecule has 1 N–H and O–H groups in total. The van der Waals surface area contributed by atoms with Gasteiger partial charge in [-0.25, -0.2) is 0 Å². The van der Waals surface area contributed by atoms with E-state index in [1.807, 2.05) is 6.07 Å². The maximum absolute atomic E-state index is 10.6. The van der Waals surface area contributed by atoms with Gasteiger partial charge in [-0.05, 0) is 10.9 Å². The number of aliphatic carboxylic acids is 1. The summed E-state index contributed by atoms with van der Waals surface area (Å²) in [5.74, 6) is -1.57. The Hall–Kier alpha value is -1.22. The van der Waals surface area contributed by atoms with Gasteiger partial charge in [0, 0.05) is 0 Å². The number of carbonyl (C=O) groups is 1. The molecule has 0 aliphatic carbocycles. The fourth-order valence-corrected chi connectivity index (χ4v) is 1.21. The van der Waals surface area contributed by atoms with Crippen LogP contribution in [0.4, 0.5) is 0 Å². The van der Waals surface area contributed by atoms with Crippen LogP contribution in [0.2, 0.25) is 0 Å². The lowest BCUT2D eigenvalue weighted by Gasteiger charge is -2.04. The second-order valence-electron chi connectivity index (χ2n) is 2.36. The average Bonchev–Trinajstić information content (AvgIpc) is 2.07.